The summed E-state index contributed by atoms with van der Waals surface area (Å²) in [7, 11) is 0. The lowest BCUT2D eigenvalue weighted by Crippen LogP contribution is -2.51. The first-order chi connectivity index (χ1) is 5.16. The van der Waals surface area contributed by atoms with Gasteiger partial charge in [-0.15, -0.1) is 12.4 Å². The number of alkyl halides is 3. The molecule has 13 heavy (non-hydrogen) atoms. The normalized spacial score (nSPS) is 32.8. The minimum absolute atomic E-state index is 0. The van der Waals surface area contributed by atoms with Crippen molar-refractivity contribution in [3.63, 3.8) is 0 Å². The Morgan fingerprint density at radius 3 is 1.77 bits per heavy atom. The second kappa shape index (κ2) is 3.31. The Labute approximate surface area is 82.3 Å². The van der Waals surface area contributed by atoms with Gasteiger partial charge in [0.2, 0.25) is 0 Å². The number of hydrogen-bond acceptors (Lipinski definition) is 1. The van der Waals surface area contributed by atoms with E-state index in [9.17, 15) is 13.2 Å². The molecule has 0 bridgehead atoms. The molecule has 1 unspecified atom stereocenters. The van der Waals surface area contributed by atoms with Crippen LogP contribution in [0.2, 0.25) is 0 Å². The highest BCUT2D eigenvalue weighted by molar-refractivity contribution is 5.85. The maximum atomic E-state index is 12.4. The fraction of sp³-hybridized carbons (Fsp3) is 1.00. The first-order valence-corrected chi connectivity index (χ1v) is 4.02. The van der Waals surface area contributed by atoms with E-state index in [1.165, 1.54) is 0 Å². The van der Waals surface area contributed by atoms with Gasteiger partial charge in [-0.3, -0.25) is 0 Å². The average molecular weight is 218 g/mol. The van der Waals surface area contributed by atoms with Crippen molar-refractivity contribution in [2.24, 2.45) is 11.1 Å². The number of hydrogen-bond donors (Lipinski definition) is 1. The van der Waals surface area contributed by atoms with Crippen LogP contribution < -0.4 is 5.73 Å². The lowest BCUT2D eigenvalue weighted by molar-refractivity contribution is -0.185. The minimum atomic E-state index is -4.25. The molecule has 1 saturated carbocycles. The number of rotatable bonds is 0. The van der Waals surface area contributed by atoms with E-state index in [2.05, 4.69) is 0 Å². The van der Waals surface area contributed by atoms with Crippen molar-refractivity contribution in [1.82, 2.24) is 0 Å². The van der Waals surface area contributed by atoms with Crippen LogP contribution in [-0.2, 0) is 0 Å². The summed E-state index contributed by atoms with van der Waals surface area (Å²) >= 11 is 0. The highest BCUT2D eigenvalue weighted by Crippen LogP contribution is 2.49. The fourth-order valence-electron chi connectivity index (χ4n) is 1.83. The van der Waals surface area contributed by atoms with Crippen molar-refractivity contribution in [3.8, 4) is 0 Å². The number of halogens is 4. The lowest BCUT2D eigenvalue weighted by Gasteiger charge is -2.28. The van der Waals surface area contributed by atoms with E-state index in [1.54, 1.807) is 0 Å². The smallest absolute Gasteiger partial charge is 0.318 e. The van der Waals surface area contributed by atoms with Gasteiger partial charge in [0.05, 0.1) is 0 Å². The van der Waals surface area contributed by atoms with Crippen LogP contribution in [0.4, 0.5) is 13.2 Å². The van der Waals surface area contributed by atoms with Gasteiger partial charge >= 0.3 is 6.18 Å². The van der Waals surface area contributed by atoms with Crippen molar-refractivity contribution in [3.05, 3.63) is 0 Å². The van der Waals surface area contributed by atoms with Crippen LogP contribution in [0, 0.1) is 5.41 Å². The summed E-state index contributed by atoms with van der Waals surface area (Å²) in [6.07, 6.45) is -3.59. The van der Waals surface area contributed by atoms with Crippen LogP contribution >= 0.6 is 12.4 Å². The third kappa shape index (κ3) is 2.50. The Kier molecular flexibility index (Phi) is 3.33. The van der Waals surface area contributed by atoms with Crippen molar-refractivity contribution in [2.75, 3.05) is 0 Å². The predicted octanol–water partition coefficient (Wildman–Crippen LogP) is 2.88. The van der Waals surface area contributed by atoms with Crippen LogP contribution in [0.15, 0.2) is 0 Å². The Hall–Kier alpha value is 0.0400. The molecule has 0 amide bonds. The van der Waals surface area contributed by atoms with Crippen LogP contribution in [-0.4, -0.2) is 11.7 Å². The van der Waals surface area contributed by atoms with Crippen molar-refractivity contribution in [1.29, 1.82) is 0 Å². The molecule has 1 nitrogen and oxygen atoms in total. The molecule has 0 aromatic rings. The Morgan fingerprint density at radius 1 is 1.15 bits per heavy atom. The molecular formula is C8H15ClF3N. The van der Waals surface area contributed by atoms with Gasteiger partial charge in [-0.1, -0.05) is 13.8 Å². The van der Waals surface area contributed by atoms with Gasteiger partial charge in [0.25, 0.3) is 0 Å². The molecule has 0 aromatic heterocycles. The van der Waals surface area contributed by atoms with Gasteiger partial charge in [0, 0.05) is 0 Å². The van der Waals surface area contributed by atoms with Gasteiger partial charge in [-0.05, 0) is 24.7 Å². The molecule has 1 aliphatic carbocycles. The Morgan fingerprint density at radius 2 is 1.62 bits per heavy atom. The third-order valence-corrected chi connectivity index (χ3v) is 2.61. The first kappa shape index (κ1) is 13.0. The quantitative estimate of drug-likeness (QED) is 0.664. The summed E-state index contributed by atoms with van der Waals surface area (Å²) in [5.41, 5.74) is 3.09. The largest absolute Gasteiger partial charge is 0.406 e. The summed E-state index contributed by atoms with van der Waals surface area (Å²) in [5.74, 6) is 0. The van der Waals surface area contributed by atoms with E-state index >= 15 is 0 Å². The van der Waals surface area contributed by atoms with E-state index in [4.69, 9.17) is 5.73 Å². The zero-order valence-corrected chi connectivity index (χ0v) is 8.56. The van der Waals surface area contributed by atoms with Gasteiger partial charge in [0.15, 0.2) is 0 Å². The molecule has 0 aromatic carbocycles. The fourth-order valence-corrected chi connectivity index (χ4v) is 1.83. The van der Waals surface area contributed by atoms with Crippen molar-refractivity contribution in [2.45, 2.75) is 44.8 Å². The maximum absolute atomic E-state index is 12.4. The maximum Gasteiger partial charge on any atom is 0.406 e. The molecule has 1 rings (SSSR count). The Balaban J connectivity index is 0.00000144. The first-order valence-electron chi connectivity index (χ1n) is 4.02. The topological polar surface area (TPSA) is 26.0 Å². The van der Waals surface area contributed by atoms with Gasteiger partial charge in [-0.25, -0.2) is 0 Å². The zero-order valence-electron chi connectivity index (χ0n) is 7.74. The highest BCUT2D eigenvalue weighted by Gasteiger charge is 2.57. The van der Waals surface area contributed by atoms with Crippen LogP contribution in [0.1, 0.15) is 33.1 Å². The molecule has 80 valence electrons. The summed E-state index contributed by atoms with van der Waals surface area (Å²) in [6, 6.07) is 0. The summed E-state index contributed by atoms with van der Waals surface area (Å²) < 4.78 is 37.1. The minimum Gasteiger partial charge on any atom is -0.318 e. The molecule has 2 N–H and O–H groups in total. The van der Waals surface area contributed by atoms with Gasteiger partial charge in [-0.2, -0.15) is 13.2 Å². The molecule has 0 saturated heterocycles. The molecule has 0 aliphatic heterocycles. The molecule has 0 heterocycles. The van der Waals surface area contributed by atoms with Gasteiger partial charge in [0.1, 0.15) is 5.54 Å². The molecule has 1 fully saturated rings. The predicted molar refractivity (Wildman–Crippen MR) is 47.9 cm³/mol. The number of nitrogens with two attached hydrogens (primary N) is 1. The molecule has 5 heteroatoms. The lowest BCUT2D eigenvalue weighted by atomic mass is 9.88. The van der Waals surface area contributed by atoms with Crippen LogP contribution in [0.3, 0.4) is 0 Å². The molecule has 0 spiro atoms. The van der Waals surface area contributed by atoms with E-state index in [0.717, 1.165) is 0 Å². The molecule has 1 atom stereocenters. The van der Waals surface area contributed by atoms with Crippen LogP contribution in [0.25, 0.3) is 0 Å². The van der Waals surface area contributed by atoms with Crippen molar-refractivity contribution < 1.29 is 13.2 Å². The van der Waals surface area contributed by atoms with Gasteiger partial charge < -0.3 is 5.73 Å². The summed E-state index contributed by atoms with van der Waals surface area (Å²) in [4.78, 5) is 0. The SMILES string of the molecule is CC1(C)CCC(N)(C(F)(F)F)C1.Cl. The molecule has 1 aliphatic rings. The van der Waals surface area contributed by atoms with Crippen LogP contribution in [0.5, 0.6) is 0 Å². The average Bonchev–Trinajstić information content (AvgIpc) is 2.05. The van der Waals surface area contributed by atoms with Crippen molar-refractivity contribution >= 4 is 12.4 Å². The zero-order chi connectivity index (χ0) is 9.62. The standard InChI is InChI=1S/C8H14F3N.ClH/c1-6(2)3-4-7(12,5-6)8(9,10)11;/h3-5,12H2,1-2H3;1H. The highest BCUT2D eigenvalue weighted by atomic mass is 35.5. The molecular weight excluding hydrogens is 203 g/mol. The summed E-state index contributed by atoms with van der Waals surface area (Å²) in [5, 5.41) is 0. The van der Waals surface area contributed by atoms with E-state index in [-0.39, 0.29) is 30.7 Å². The monoisotopic (exact) mass is 217 g/mol. The second-order valence-electron chi connectivity index (χ2n) is 4.49. The second-order valence-corrected chi connectivity index (χ2v) is 4.49. The third-order valence-electron chi connectivity index (χ3n) is 2.61. The van der Waals surface area contributed by atoms with E-state index in [1.807, 2.05) is 13.8 Å². The Bertz CT molecular complexity index is 190. The summed E-state index contributed by atoms with van der Waals surface area (Å²) in [6.45, 7) is 3.65. The van der Waals surface area contributed by atoms with E-state index < -0.39 is 11.7 Å². The molecule has 0 radical (unpaired) electrons. The van der Waals surface area contributed by atoms with E-state index in [0.29, 0.717) is 6.42 Å².